The molecule has 1 unspecified atom stereocenters. The van der Waals surface area contributed by atoms with E-state index < -0.39 is 6.17 Å². The van der Waals surface area contributed by atoms with Gasteiger partial charge in [-0.15, -0.1) is 0 Å². The SMILES string of the molecule is NC(N=Cc1ccc(-n2c3ccccc3c3ccc(-c4ccccc4O)cc32)cc1)c1ccccc1. The number of phenolic OH excluding ortho intramolecular Hbond substituents is 1. The molecule has 5 aromatic carbocycles. The van der Waals surface area contributed by atoms with E-state index in [1.54, 1.807) is 6.07 Å². The summed E-state index contributed by atoms with van der Waals surface area (Å²) in [7, 11) is 0. The Bertz CT molecular complexity index is 1700. The minimum Gasteiger partial charge on any atom is -0.507 e. The summed E-state index contributed by atoms with van der Waals surface area (Å²) >= 11 is 0. The molecule has 6 rings (SSSR count). The Morgan fingerprint density at radius 3 is 2.19 bits per heavy atom. The highest BCUT2D eigenvalue weighted by molar-refractivity contribution is 6.10. The number of nitrogens with zero attached hydrogens (tertiary/aromatic N) is 2. The van der Waals surface area contributed by atoms with Crippen LogP contribution in [0.3, 0.4) is 0 Å². The Morgan fingerprint density at radius 2 is 1.39 bits per heavy atom. The van der Waals surface area contributed by atoms with Crippen molar-refractivity contribution in [3.05, 3.63) is 132 Å². The lowest BCUT2D eigenvalue weighted by Gasteiger charge is -2.10. The molecule has 0 spiro atoms. The molecule has 36 heavy (non-hydrogen) atoms. The monoisotopic (exact) mass is 467 g/mol. The first-order valence-electron chi connectivity index (χ1n) is 11.9. The molecule has 3 N–H and O–H groups in total. The fraction of sp³-hybridized carbons (Fsp3) is 0.0312. The third-order valence-electron chi connectivity index (χ3n) is 6.57. The molecule has 0 aliphatic carbocycles. The lowest BCUT2D eigenvalue weighted by molar-refractivity contribution is 0.477. The Labute approximate surface area is 209 Å². The lowest BCUT2D eigenvalue weighted by atomic mass is 10.0. The molecule has 0 aliphatic heterocycles. The molecule has 0 saturated heterocycles. The predicted molar refractivity (Wildman–Crippen MR) is 149 cm³/mol. The van der Waals surface area contributed by atoms with Crippen LogP contribution in [0.1, 0.15) is 17.3 Å². The highest BCUT2D eigenvalue weighted by Crippen LogP contribution is 2.36. The van der Waals surface area contributed by atoms with E-state index in [9.17, 15) is 5.11 Å². The maximum Gasteiger partial charge on any atom is 0.123 e. The zero-order valence-electron chi connectivity index (χ0n) is 19.6. The Morgan fingerprint density at radius 1 is 0.694 bits per heavy atom. The van der Waals surface area contributed by atoms with E-state index in [4.69, 9.17) is 5.73 Å². The van der Waals surface area contributed by atoms with Crippen molar-refractivity contribution in [1.82, 2.24) is 4.57 Å². The van der Waals surface area contributed by atoms with E-state index in [0.29, 0.717) is 0 Å². The first-order chi connectivity index (χ1) is 17.7. The molecule has 0 fully saturated rings. The van der Waals surface area contributed by atoms with Crippen molar-refractivity contribution in [3.63, 3.8) is 0 Å². The number of aromatic nitrogens is 1. The largest absolute Gasteiger partial charge is 0.507 e. The van der Waals surface area contributed by atoms with Gasteiger partial charge in [0.05, 0.1) is 11.0 Å². The minimum absolute atomic E-state index is 0.275. The highest BCUT2D eigenvalue weighted by atomic mass is 16.3. The maximum atomic E-state index is 10.4. The molecule has 1 heterocycles. The van der Waals surface area contributed by atoms with Gasteiger partial charge in [0.25, 0.3) is 0 Å². The van der Waals surface area contributed by atoms with Gasteiger partial charge in [-0.25, -0.2) is 0 Å². The number of hydrogen-bond acceptors (Lipinski definition) is 3. The van der Waals surface area contributed by atoms with Gasteiger partial charge in [0, 0.05) is 28.2 Å². The molecular weight excluding hydrogens is 442 g/mol. The number of hydrogen-bond donors (Lipinski definition) is 2. The van der Waals surface area contributed by atoms with E-state index in [-0.39, 0.29) is 5.75 Å². The van der Waals surface area contributed by atoms with Crippen LogP contribution >= 0.6 is 0 Å². The zero-order chi connectivity index (χ0) is 24.5. The normalized spacial score (nSPS) is 12.5. The Balaban J connectivity index is 1.42. The van der Waals surface area contributed by atoms with Crippen LogP contribution in [0.5, 0.6) is 5.75 Å². The van der Waals surface area contributed by atoms with Crippen LogP contribution < -0.4 is 5.73 Å². The summed E-state index contributed by atoms with van der Waals surface area (Å²) in [5.74, 6) is 0.275. The van der Waals surface area contributed by atoms with Crippen LogP contribution in [-0.2, 0) is 0 Å². The highest BCUT2D eigenvalue weighted by Gasteiger charge is 2.14. The molecule has 174 valence electrons. The Kier molecular flexibility index (Phi) is 5.56. The van der Waals surface area contributed by atoms with Crippen molar-refractivity contribution in [2.24, 2.45) is 10.7 Å². The topological polar surface area (TPSA) is 63.5 Å². The van der Waals surface area contributed by atoms with Crippen LogP contribution in [0, 0.1) is 0 Å². The molecule has 0 saturated carbocycles. The quantitative estimate of drug-likeness (QED) is 0.263. The predicted octanol–water partition coefficient (Wildman–Crippen LogP) is 7.23. The lowest BCUT2D eigenvalue weighted by Crippen LogP contribution is -2.07. The minimum atomic E-state index is -0.393. The first kappa shape index (κ1) is 21.8. The van der Waals surface area contributed by atoms with E-state index in [2.05, 4.69) is 76.3 Å². The Hall–Kier alpha value is -4.67. The van der Waals surface area contributed by atoms with Gasteiger partial charge in [0.1, 0.15) is 11.9 Å². The summed E-state index contributed by atoms with van der Waals surface area (Å²) in [5.41, 5.74) is 13.3. The maximum absolute atomic E-state index is 10.4. The van der Waals surface area contributed by atoms with Crippen LogP contribution in [0.15, 0.2) is 126 Å². The molecule has 1 atom stereocenters. The first-order valence-corrected chi connectivity index (χ1v) is 11.9. The zero-order valence-corrected chi connectivity index (χ0v) is 19.6. The van der Waals surface area contributed by atoms with Crippen LogP contribution in [0.4, 0.5) is 0 Å². The van der Waals surface area contributed by atoms with Gasteiger partial charge in [0.2, 0.25) is 0 Å². The second-order valence-corrected chi connectivity index (χ2v) is 8.83. The van der Waals surface area contributed by atoms with Crippen molar-refractivity contribution < 1.29 is 5.11 Å². The van der Waals surface area contributed by atoms with E-state index in [1.165, 1.54) is 10.8 Å². The third-order valence-corrected chi connectivity index (χ3v) is 6.57. The number of aliphatic imine (C=N–C) groups is 1. The van der Waals surface area contributed by atoms with Crippen LogP contribution in [0.25, 0.3) is 38.6 Å². The van der Waals surface area contributed by atoms with Crippen molar-refractivity contribution in [3.8, 4) is 22.6 Å². The molecule has 0 bridgehead atoms. The average Bonchev–Trinajstić information content (AvgIpc) is 3.26. The molecule has 0 aliphatic rings. The summed E-state index contributed by atoms with van der Waals surface area (Å²) in [4.78, 5) is 4.53. The van der Waals surface area contributed by atoms with Crippen molar-refractivity contribution >= 4 is 28.0 Å². The van der Waals surface area contributed by atoms with Gasteiger partial charge >= 0.3 is 0 Å². The molecule has 0 amide bonds. The fourth-order valence-electron chi connectivity index (χ4n) is 4.75. The molecular formula is C32H25N3O. The van der Waals surface area contributed by atoms with Gasteiger partial charge in [-0.05, 0) is 47.0 Å². The van der Waals surface area contributed by atoms with Gasteiger partial charge in [0.15, 0.2) is 0 Å². The molecule has 1 aromatic heterocycles. The molecule has 4 nitrogen and oxygen atoms in total. The molecule has 6 aromatic rings. The molecule has 4 heteroatoms. The smallest absolute Gasteiger partial charge is 0.123 e. The van der Waals surface area contributed by atoms with E-state index in [0.717, 1.165) is 39.0 Å². The van der Waals surface area contributed by atoms with Gasteiger partial charge < -0.3 is 15.4 Å². The number of phenols is 1. The second kappa shape index (κ2) is 9.17. The van der Waals surface area contributed by atoms with E-state index >= 15 is 0 Å². The summed E-state index contributed by atoms with van der Waals surface area (Å²) in [6.45, 7) is 0. The number of aromatic hydroxyl groups is 1. The number of nitrogens with two attached hydrogens (primary N) is 1. The number of fused-ring (bicyclic) bond motifs is 3. The summed E-state index contributed by atoms with van der Waals surface area (Å²) < 4.78 is 2.27. The van der Waals surface area contributed by atoms with Crippen molar-refractivity contribution in [2.45, 2.75) is 6.17 Å². The van der Waals surface area contributed by atoms with Crippen molar-refractivity contribution in [1.29, 1.82) is 0 Å². The number of rotatable bonds is 5. The average molecular weight is 468 g/mol. The van der Waals surface area contributed by atoms with Gasteiger partial charge in [-0.1, -0.05) is 91.0 Å². The van der Waals surface area contributed by atoms with Crippen molar-refractivity contribution in [2.75, 3.05) is 0 Å². The summed E-state index contributed by atoms with van der Waals surface area (Å²) in [5, 5.41) is 12.8. The van der Waals surface area contributed by atoms with Crippen LogP contribution in [0.2, 0.25) is 0 Å². The summed E-state index contributed by atoms with van der Waals surface area (Å²) in [6, 6.07) is 40.4. The fourth-order valence-corrected chi connectivity index (χ4v) is 4.75. The van der Waals surface area contributed by atoms with Crippen LogP contribution in [-0.4, -0.2) is 15.9 Å². The number of benzene rings is 5. The third kappa shape index (κ3) is 3.94. The molecule has 0 radical (unpaired) electrons. The van der Waals surface area contributed by atoms with Gasteiger partial charge in [-0.3, -0.25) is 4.99 Å². The van der Waals surface area contributed by atoms with E-state index in [1.807, 2.05) is 54.7 Å². The summed E-state index contributed by atoms with van der Waals surface area (Å²) in [6.07, 6.45) is 1.43. The standard InChI is InChI=1S/C32H25N3O/c33-32(23-8-2-1-3-9-23)34-21-22-14-17-25(18-15-22)35-29-12-6-4-11-27(29)28-19-16-24(20-30(28)35)26-10-5-7-13-31(26)36/h1-21,32,36H,33H2. The number of para-hydroxylation sites is 2. The second-order valence-electron chi connectivity index (χ2n) is 8.83. The van der Waals surface area contributed by atoms with Gasteiger partial charge in [-0.2, -0.15) is 0 Å².